The minimum atomic E-state index is -5.88. The fourth-order valence-electron chi connectivity index (χ4n) is 3.48. The lowest BCUT2D eigenvalue weighted by molar-refractivity contribution is -0.0979. The molecular weight excluding hydrogens is 383 g/mol. The molecule has 0 heterocycles. The number of alkyl halides is 5. The number of aliphatic hydroxyl groups is 1. The van der Waals surface area contributed by atoms with Crippen LogP contribution in [-0.4, -0.2) is 31.1 Å². The van der Waals surface area contributed by atoms with Gasteiger partial charge in [0.2, 0.25) is 0 Å². The second-order valence-corrected chi connectivity index (χ2v) is 8.53. The van der Waals surface area contributed by atoms with Crippen LogP contribution in [0.2, 0.25) is 0 Å². The summed E-state index contributed by atoms with van der Waals surface area (Å²) in [7, 11) is -5.88. The second kappa shape index (κ2) is 6.33. The lowest BCUT2D eigenvalue weighted by Crippen LogP contribution is -2.26. The van der Waals surface area contributed by atoms with Crippen molar-refractivity contribution in [3.63, 3.8) is 0 Å². The number of aliphatic hydroxyl groups excluding tert-OH is 1. The van der Waals surface area contributed by atoms with Gasteiger partial charge in [0, 0.05) is 17.5 Å². The molecule has 10 heteroatoms. The smallest absolute Gasteiger partial charge is 0.490 e. The maximum Gasteiger partial charge on any atom is 0.501 e. The summed E-state index contributed by atoms with van der Waals surface area (Å²) < 4.78 is 95.8. The quantitative estimate of drug-likeness (QED) is 0.782. The van der Waals surface area contributed by atoms with Crippen molar-refractivity contribution in [2.24, 2.45) is 0 Å². The lowest BCUT2D eigenvalue weighted by Gasteiger charge is -2.25. The highest BCUT2D eigenvalue weighted by molar-refractivity contribution is 7.92. The third-order valence-corrected chi connectivity index (χ3v) is 6.34. The van der Waals surface area contributed by atoms with Crippen molar-refractivity contribution in [3.8, 4) is 5.75 Å². The largest absolute Gasteiger partial charge is 0.501 e. The van der Waals surface area contributed by atoms with E-state index in [1.54, 1.807) is 0 Å². The van der Waals surface area contributed by atoms with E-state index in [2.05, 4.69) is 0 Å². The molecule has 1 unspecified atom stereocenters. The molecule has 146 valence electrons. The molecule has 0 radical (unpaired) electrons. The lowest BCUT2D eigenvalue weighted by atomic mass is 9.97. The van der Waals surface area contributed by atoms with Crippen molar-refractivity contribution in [3.05, 3.63) is 23.3 Å². The van der Waals surface area contributed by atoms with E-state index < -0.39 is 44.3 Å². The molecular formula is C16H17F5O4S. The standard InChI is InChI=1S/C16H17F5O4S/c17-15(18)8-10-11(25-9-4-2-1-3-5-9)6-7-12(13(10)14(15)22)26(23,24)16(19,20)21/h6-7,9,14,22H,1-5,8H2. The van der Waals surface area contributed by atoms with Crippen LogP contribution in [0.1, 0.15) is 49.3 Å². The highest BCUT2D eigenvalue weighted by Crippen LogP contribution is 2.50. The summed E-state index contributed by atoms with van der Waals surface area (Å²) in [6, 6.07) is 1.56. The Labute approximate surface area is 146 Å². The van der Waals surface area contributed by atoms with Crippen LogP contribution < -0.4 is 4.74 Å². The zero-order valence-electron chi connectivity index (χ0n) is 13.5. The van der Waals surface area contributed by atoms with Gasteiger partial charge in [0.05, 0.1) is 11.0 Å². The van der Waals surface area contributed by atoms with Gasteiger partial charge in [-0.05, 0) is 37.8 Å². The van der Waals surface area contributed by atoms with Crippen LogP contribution in [-0.2, 0) is 16.3 Å². The van der Waals surface area contributed by atoms with Gasteiger partial charge in [-0.15, -0.1) is 0 Å². The van der Waals surface area contributed by atoms with E-state index in [4.69, 9.17) is 4.74 Å². The zero-order chi connectivity index (χ0) is 19.3. The van der Waals surface area contributed by atoms with Crippen molar-refractivity contribution >= 4 is 9.84 Å². The molecule has 0 saturated heterocycles. The van der Waals surface area contributed by atoms with Gasteiger partial charge >= 0.3 is 5.51 Å². The van der Waals surface area contributed by atoms with Gasteiger partial charge < -0.3 is 9.84 Å². The van der Waals surface area contributed by atoms with Crippen LogP contribution in [0.5, 0.6) is 5.75 Å². The average Bonchev–Trinajstić information content (AvgIpc) is 2.78. The molecule has 2 aliphatic carbocycles. The summed E-state index contributed by atoms with van der Waals surface area (Å²) in [6.45, 7) is 0. The Bertz CT molecular complexity index is 798. The van der Waals surface area contributed by atoms with Crippen molar-refractivity contribution in [1.29, 1.82) is 0 Å². The third kappa shape index (κ3) is 3.17. The topological polar surface area (TPSA) is 63.6 Å². The van der Waals surface area contributed by atoms with Gasteiger partial charge in [0.15, 0.2) is 0 Å². The Morgan fingerprint density at radius 1 is 1.12 bits per heavy atom. The Morgan fingerprint density at radius 3 is 2.31 bits per heavy atom. The predicted octanol–water partition coefficient (Wildman–Crippen LogP) is 3.92. The second-order valence-electron chi connectivity index (χ2n) is 6.62. The average molecular weight is 400 g/mol. The Balaban J connectivity index is 2.09. The molecule has 1 aromatic carbocycles. The molecule has 0 aliphatic heterocycles. The van der Waals surface area contributed by atoms with Crippen LogP contribution in [0.25, 0.3) is 0 Å². The van der Waals surface area contributed by atoms with Gasteiger partial charge in [-0.1, -0.05) is 6.42 Å². The molecule has 0 aromatic heterocycles. The van der Waals surface area contributed by atoms with E-state index in [1.165, 1.54) is 0 Å². The summed E-state index contributed by atoms with van der Waals surface area (Å²) in [4.78, 5) is -1.35. The summed E-state index contributed by atoms with van der Waals surface area (Å²) in [5.41, 5.74) is -6.96. The predicted molar refractivity (Wildman–Crippen MR) is 80.8 cm³/mol. The highest BCUT2D eigenvalue weighted by atomic mass is 32.2. The summed E-state index contributed by atoms with van der Waals surface area (Å²) in [5, 5.41) is 9.81. The monoisotopic (exact) mass is 400 g/mol. The fraction of sp³-hybridized carbons (Fsp3) is 0.625. The molecule has 3 rings (SSSR count). The van der Waals surface area contributed by atoms with E-state index in [-0.39, 0.29) is 17.4 Å². The maximum absolute atomic E-state index is 14.0. The van der Waals surface area contributed by atoms with Crippen molar-refractivity contribution < 1.29 is 40.2 Å². The Hall–Kier alpha value is -1.42. The SMILES string of the molecule is O=S(=O)(c1ccc(OC2CCCCC2)c2c1C(O)C(F)(F)C2)C(F)(F)F. The van der Waals surface area contributed by atoms with Crippen LogP contribution in [0.4, 0.5) is 22.0 Å². The van der Waals surface area contributed by atoms with Gasteiger partial charge in [0.1, 0.15) is 11.9 Å². The number of ether oxygens (including phenoxy) is 1. The van der Waals surface area contributed by atoms with Gasteiger partial charge in [-0.2, -0.15) is 13.2 Å². The third-order valence-electron chi connectivity index (χ3n) is 4.80. The molecule has 1 saturated carbocycles. The maximum atomic E-state index is 14.0. The number of fused-ring (bicyclic) bond motifs is 1. The summed E-state index contributed by atoms with van der Waals surface area (Å²) >= 11 is 0. The first kappa shape index (κ1) is 19.3. The van der Waals surface area contributed by atoms with Crippen molar-refractivity contribution in [2.75, 3.05) is 0 Å². The summed E-state index contributed by atoms with van der Waals surface area (Å²) in [6.07, 6.45) is 0.138. The van der Waals surface area contributed by atoms with Crippen molar-refractivity contribution in [2.45, 2.75) is 67.1 Å². The minimum Gasteiger partial charge on any atom is -0.490 e. The van der Waals surface area contributed by atoms with Crippen LogP contribution in [0, 0.1) is 0 Å². The molecule has 2 aliphatic rings. The van der Waals surface area contributed by atoms with E-state index in [0.29, 0.717) is 18.9 Å². The Kier molecular flexibility index (Phi) is 4.71. The van der Waals surface area contributed by atoms with E-state index in [9.17, 15) is 35.5 Å². The van der Waals surface area contributed by atoms with Crippen LogP contribution in [0.3, 0.4) is 0 Å². The first-order valence-corrected chi connectivity index (χ1v) is 9.63. The number of halogens is 5. The molecule has 4 nitrogen and oxygen atoms in total. The molecule has 1 aromatic rings. The molecule has 0 bridgehead atoms. The zero-order valence-corrected chi connectivity index (χ0v) is 14.3. The molecule has 1 N–H and O–H groups in total. The highest BCUT2D eigenvalue weighted by Gasteiger charge is 2.55. The number of rotatable bonds is 3. The molecule has 26 heavy (non-hydrogen) atoms. The van der Waals surface area contributed by atoms with Crippen LogP contribution in [0.15, 0.2) is 17.0 Å². The number of benzene rings is 1. The van der Waals surface area contributed by atoms with Crippen LogP contribution >= 0.6 is 0 Å². The first-order chi connectivity index (χ1) is 11.9. The summed E-state index contributed by atoms with van der Waals surface area (Å²) in [5.74, 6) is -3.87. The van der Waals surface area contributed by atoms with Gasteiger partial charge in [-0.25, -0.2) is 17.2 Å². The number of sulfone groups is 1. The van der Waals surface area contributed by atoms with E-state index in [1.807, 2.05) is 0 Å². The Morgan fingerprint density at radius 2 is 1.73 bits per heavy atom. The molecule has 1 atom stereocenters. The van der Waals surface area contributed by atoms with E-state index in [0.717, 1.165) is 25.3 Å². The molecule has 0 spiro atoms. The molecule has 1 fully saturated rings. The first-order valence-electron chi connectivity index (χ1n) is 8.15. The number of hydrogen-bond acceptors (Lipinski definition) is 4. The van der Waals surface area contributed by atoms with Crippen molar-refractivity contribution in [1.82, 2.24) is 0 Å². The van der Waals surface area contributed by atoms with Gasteiger partial charge in [0.25, 0.3) is 15.8 Å². The normalized spacial score (nSPS) is 23.7. The minimum absolute atomic E-state index is 0.0933. The van der Waals surface area contributed by atoms with E-state index >= 15 is 0 Å². The van der Waals surface area contributed by atoms with Gasteiger partial charge in [-0.3, -0.25) is 0 Å². The number of hydrogen-bond donors (Lipinski definition) is 1. The molecule has 0 amide bonds. The fourth-order valence-corrected chi connectivity index (χ4v) is 4.50.